The number of nitrogen functional groups attached to an aromatic ring is 1. The van der Waals surface area contributed by atoms with Gasteiger partial charge in [0, 0.05) is 60.8 Å². The number of likely N-dealkylation sites (tertiary alicyclic amines) is 1. The molecule has 3 atom stereocenters. The fourth-order valence-corrected chi connectivity index (χ4v) is 6.41. The lowest BCUT2D eigenvalue weighted by Crippen LogP contribution is -2.35. The number of anilines is 1. The molecule has 2 aliphatic rings. The van der Waals surface area contributed by atoms with E-state index in [1.807, 2.05) is 62.4 Å². The summed E-state index contributed by atoms with van der Waals surface area (Å²) in [5, 5.41) is 16.3. The Morgan fingerprint density at radius 2 is 1.80 bits per heavy atom. The summed E-state index contributed by atoms with van der Waals surface area (Å²) in [7, 11) is 0. The van der Waals surface area contributed by atoms with E-state index in [2.05, 4.69) is 62.8 Å². The fraction of sp³-hybridized carbons (Fsp3) is 0.243. The Kier molecular flexibility index (Phi) is 8.81. The van der Waals surface area contributed by atoms with Crippen LogP contribution in [0.1, 0.15) is 26.3 Å². The average molecular weight is 608 g/mol. The van der Waals surface area contributed by atoms with Gasteiger partial charge in [0.2, 0.25) is 0 Å². The van der Waals surface area contributed by atoms with Gasteiger partial charge in [0.05, 0.1) is 11.3 Å². The lowest BCUT2D eigenvalue weighted by Gasteiger charge is -2.29. The number of fused-ring (bicyclic) bond motifs is 2. The van der Waals surface area contributed by atoms with Crippen LogP contribution in [0, 0.1) is 34.5 Å². The minimum atomic E-state index is -0.0803. The molecule has 5 aromatic rings. The normalized spacial score (nSPS) is 19.8. The summed E-state index contributed by atoms with van der Waals surface area (Å²) in [6.07, 6.45) is 4.74. The Bertz CT molecular complexity index is 1970. The van der Waals surface area contributed by atoms with Gasteiger partial charge in [-0.15, -0.1) is 0 Å². The summed E-state index contributed by atoms with van der Waals surface area (Å²) < 4.78 is 2.07. The Labute approximate surface area is 269 Å². The molecule has 46 heavy (non-hydrogen) atoms. The second-order valence-electron chi connectivity index (χ2n) is 11.5. The van der Waals surface area contributed by atoms with Gasteiger partial charge >= 0.3 is 0 Å². The van der Waals surface area contributed by atoms with Crippen molar-refractivity contribution < 1.29 is 0 Å². The van der Waals surface area contributed by atoms with Crippen LogP contribution in [0.4, 0.5) is 5.82 Å². The molecule has 230 valence electrons. The van der Waals surface area contributed by atoms with Gasteiger partial charge in [-0.05, 0) is 54.0 Å². The molecule has 3 unspecified atom stereocenters. The number of nitriles is 1. The van der Waals surface area contributed by atoms with Crippen LogP contribution in [0.2, 0.25) is 0 Å². The lowest BCUT2D eigenvalue weighted by atomic mass is 9.99. The number of rotatable bonds is 7. The van der Waals surface area contributed by atoms with Crippen molar-refractivity contribution in [1.82, 2.24) is 24.4 Å². The van der Waals surface area contributed by atoms with E-state index in [1.165, 1.54) is 17.4 Å². The summed E-state index contributed by atoms with van der Waals surface area (Å²) in [4.78, 5) is 21.4. The maximum absolute atomic E-state index is 8.79. The van der Waals surface area contributed by atoms with E-state index in [4.69, 9.17) is 26.4 Å². The van der Waals surface area contributed by atoms with E-state index in [-0.39, 0.29) is 5.71 Å². The first-order chi connectivity index (χ1) is 22.5. The molecule has 1 aliphatic carbocycles. The van der Waals surface area contributed by atoms with Gasteiger partial charge in [0.25, 0.3) is 0 Å². The minimum absolute atomic E-state index is 0.0803. The Morgan fingerprint density at radius 3 is 2.54 bits per heavy atom. The van der Waals surface area contributed by atoms with E-state index < -0.39 is 0 Å². The smallest absolute Gasteiger partial charge is 0.165 e. The van der Waals surface area contributed by atoms with Crippen LogP contribution in [0.25, 0.3) is 39.5 Å². The van der Waals surface area contributed by atoms with E-state index in [9.17, 15) is 0 Å². The molecule has 9 nitrogen and oxygen atoms in total. The van der Waals surface area contributed by atoms with Crippen molar-refractivity contribution in [3.05, 3.63) is 103 Å². The molecule has 0 bridgehead atoms. The van der Waals surface area contributed by atoms with Crippen LogP contribution in [-0.4, -0.2) is 48.9 Å². The number of benzene rings is 2. The van der Waals surface area contributed by atoms with Crippen LogP contribution >= 0.6 is 0 Å². The van der Waals surface area contributed by atoms with E-state index >= 15 is 0 Å². The molecule has 1 aliphatic heterocycles. The second-order valence-corrected chi connectivity index (χ2v) is 11.5. The highest BCUT2D eigenvalue weighted by atomic mass is 15.2. The number of nitrogens with zero attached hydrogens (tertiary/aromatic N) is 7. The van der Waals surface area contributed by atoms with E-state index in [0.29, 0.717) is 29.4 Å². The quantitative estimate of drug-likeness (QED) is 0.192. The van der Waals surface area contributed by atoms with Crippen LogP contribution < -0.4 is 5.73 Å². The standard InChI is InChI=1S/C35H31N9.C2H6/c1-22-19-43(21-28-31(22)32(28)39-17-15-25(37)18-36)20-23-9-11-26(12-10-23)44-34(27-8-5-16-40-33(27)38)42-30-14-13-29(41-35(30)44)24-6-3-2-4-7-24;1-2/h2-17,22,28,31,37H,19-21H2,1H3,(H2,38,40);1-2H3/b17-15-,37-25?,39-32?;. The topological polar surface area (TPSA) is 133 Å². The van der Waals surface area contributed by atoms with Gasteiger partial charge in [0.15, 0.2) is 11.5 Å². The molecule has 2 fully saturated rings. The maximum atomic E-state index is 8.79. The lowest BCUT2D eigenvalue weighted by molar-refractivity contribution is 0.167. The largest absolute Gasteiger partial charge is 0.383 e. The molecule has 7 rings (SSSR count). The molecule has 3 aromatic heterocycles. The third-order valence-electron chi connectivity index (χ3n) is 8.50. The highest BCUT2D eigenvalue weighted by Crippen LogP contribution is 2.46. The number of pyridine rings is 2. The molecule has 4 heterocycles. The number of allylic oxidation sites excluding steroid dienone is 1. The predicted octanol–water partition coefficient (Wildman–Crippen LogP) is 6.95. The summed E-state index contributed by atoms with van der Waals surface area (Å²) in [5.41, 5.74) is 13.8. The summed E-state index contributed by atoms with van der Waals surface area (Å²) in [5.74, 6) is 2.56. The van der Waals surface area contributed by atoms with E-state index in [1.54, 1.807) is 12.4 Å². The van der Waals surface area contributed by atoms with Gasteiger partial charge in [-0.25, -0.2) is 15.0 Å². The summed E-state index contributed by atoms with van der Waals surface area (Å²) in [6.45, 7) is 9.09. The number of hydrogen-bond acceptors (Lipinski definition) is 8. The first kappa shape index (κ1) is 30.6. The van der Waals surface area contributed by atoms with Gasteiger partial charge in [-0.3, -0.25) is 19.9 Å². The fourth-order valence-electron chi connectivity index (χ4n) is 6.41. The molecule has 3 N–H and O–H groups in total. The van der Waals surface area contributed by atoms with Crippen molar-refractivity contribution in [2.24, 2.45) is 22.7 Å². The molecule has 1 saturated carbocycles. The van der Waals surface area contributed by atoms with Crippen LogP contribution in [0.15, 0.2) is 102 Å². The molecule has 2 aromatic carbocycles. The Hall–Kier alpha value is -5.46. The van der Waals surface area contributed by atoms with Crippen LogP contribution in [-0.2, 0) is 6.54 Å². The molecule has 1 saturated heterocycles. The van der Waals surface area contributed by atoms with Crippen molar-refractivity contribution in [1.29, 1.82) is 10.7 Å². The van der Waals surface area contributed by atoms with Gasteiger partial charge in [-0.1, -0.05) is 63.2 Å². The number of piperidine rings is 1. The zero-order valence-corrected chi connectivity index (χ0v) is 26.3. The molecule has 0 radical (unpaired) electrons. The first-order valence-electron chi connectivity index (χ1n) is 15.7. The number of nitrogens with two attached hydrogens (primary N) is 1. The van der Waals surface area contributed by atoms with Gasteiger partial charge in [0.1, 0.15) is 23.1 Å². The SMILES string of the molecule is CC.CC1CN(Cc2ccc(-n3c(-c4cccnc4N)nc4ccc(-c5ccccc5)nc43)cc2)CC2C(=N/C=C\C(=N)C#N)C12. The average Bonchev–Trinajstić information content (AvgIpc) is 3.66. The third-order valence-corrected chi connectivity index (χ3v) is 8.50. The molecule has 0 amide bonds. The number of imidazole rings is 1. The predicted molar refractivity (Wildman–Crippen MR) is 185 cm³/mol. The second kappa shape index (κ2) is 13.3. The number of hydrogen-bond donors (Lipinski definition) is 2. The van der Waals surface area contributed by atoms with Crippen LogP contribution in [0.3, 0.4) is 0 Å². The van der Waals surface area contributed by atoms with Crippen molar-refractivity contribution >= 4 is 28.4 Å². The van der Waals surface area contributed by atoms with Crippen LogP contribution in [0.5, 0.6) is 0 Å². The molecule has 9 heteroatoms. The number of nitrogens with one attached hydrogen (secondary N) is 1. The Balaban J connectivity index is 0.00000182. The van der Waals surface area contributed by atoms with Crippen molar-refractivity contribution in [3.63, 3.8) is 0 Å². The van der Waals surface area contributed by atoms with Crippen molar-refractivity contribution in [2.45, 2.75) is 27.3 Å². The highest BCUT2D eigenvalue weighted by molar-refractivity contribution is 6.07. The monoisotopic (exact) mass is 607 g/mol. The van der Waals surface area contributed by atoms with Crippen molar-refractivity contribution in [2.75, 3.05) is 18.8 Å². The Morgan fingerprint density at radius 1 is 1.02 bits per heavy atom. The number of aromatic nitrogens is 4. The van der Waals surface area contributed by atoms with Crippen molar-refractivity contribution in [3.8, 4) is 34.4 Å². The highest BCUT2D eigenvalue weighted by Gasteiger charge is 2.52. The van der Waals surface area contributed by atoms with Gasteiger partial charge in [-0.2, -0.15) is 5.26 Å². The molecule has 0 spiro atoms. The third kappa shape index (κ3) is 6.08. The summed E-state index contributed by atoms with van der Waals surface area (Å²) in [6, 6.07) is 28.4. The minimum Gasteiger partial charge on any atom is -0.383 e. The maximum Gasteiger partial charge on any atom is 0.165 e. The first-order valence-corrected chi connectivity index (χ1v) is 15.7. The zero-order valence-electron chi connectivity index (χ0n) is 26.3. The molecular formula is C37H37N9. The molecular weight excluding hydrogens is 570 g/mol. The number of aliphatic imine (C=N–C) groups is 1. The van der Waals surface area contributed by atoms with Gasteiger partial charge < -0.3 is 5.73 Å². The zero-order chi connectivity index (χ0) is 32.2. The van der Waals surface area contributed by atoms with E-state index in [0.717, 1.165) is 53.3 Å². The summed E-state index contributed by atoms with van der Waals surface area (Å²) >= 11 is 0.